The Balaban J connectivity index is 1.70. The highest BCUT2D eigenvalue weighted by Crippen LogP contribution is 2.40. The number of nitrogens with zero attached hydrogens (tertiary/aromatic N) is 2. The number of esters is 1. The Kier molecular flexibility index (Phi) is 7.44. The molecular formula is C28H26N2O6. The van der Waals surface area contributed by atoms with Crippen LogP contribution in [0.15, 0.2) is 78.6 Å². The molecule has 1 aliphatic heterocycles. The van der Waals surface area contributed by atoms with Crippen molar-refractivity contribution in [2.75, 3.05) is 13.7 Å². The van der Waals surface area contributed by atoms with Crippen LogP contribution in [-0.2, 0) is 20.9 Å². The summed E-state index contributed by atoms with van der Waals surface area (Å²) in [6, 6.07) is 15.9. The van der Waals surface area contributed by atoms with Crippen LogP contribution in [0.5, 0.6) is 5.75 Å². The second-order valence-corrected chi connectivity index (χ2v) is 8.27. The molecule has 0 spiro atoms. The zero-order valence-corrected chi connectivity index (χ0v) is 20.0. The fourth-order valence-electron chi connectivity index (χ4n) is 4.05. The molecule has 3 aromatic rings. The van der Waals surface area contributed by atoms with Gasteiger partial charge in [-0.3, -0.25) is 14.6 Å². The monoisotopic (exact) mass is 486 g/mol. The SMILES string of the molecule is CCCOC(=O)c1ccc(CN2C(=O)C(=O)/C(=C(/O)c3ccc(OC)cc3)C2c2cccnc2)cc1. The third-order valence-corrected chi connectivity index (χ3v) is 5.88. The van der Waals surface area contributed by atoms with Gasteiger partial charge in [-0.25, -0.2) is 4.79 Å². The van der Waals surface area contributed by atoms with Gasteiger partial charge < -0.3 is 19.5 Å². The number of Topliss-reactive ketones (excluding diaryl/α,β-unsaturated/α-hetero) is 1. The van der Waals surface area contributed by atoms with Crippen LogP contribution in [0, 0.1) is 0 Å². The van der Waals surface area contributed by atoms with Crippen LogP contribution >= 0.6 is 0 Å². The first-order valence-electron chi connectivity index (χ1n) is 11.5. The Labute approximate surface area is 208 Å². The number of rotatable bonds is 8. The van der Waals surface area contributed by atoms with Crippen LogP contribution in [0.2, 0.25) is 0 Å². The molecular weight excluding hydrogens is 460 g/mol. The molecule has 184 valence electrons. The number of carbonyl (C=O) groups excluding carboxylic acids is 3. The van der Waals surface area contributed by atoms with Crippen molar-refractivity contribution in [2.45, 2.75) is 25.9 Å². The minimum Gasteiger partial charge on any atom is -0.507 e. The number of amides is 1. The van der Waals surface area contributed by atoms with Gasteiger partial charge in [0.15, 0.2) is 0 Å². The predicted molar refractivity (Wildman–Crippen MR) is 132 cm³/mol. The summed E-state index contributed by atoms with van der Waals surface area (Å²) in [6.45, 7) is 2.34. The second-order valence-electron chi connectivity index (χ2n) is 8.27. The van der Waals surface area contributed by atoms with Crippen molar-refractivity contribution >= 4 is 23.4 Å². The summed E-state index contributed by atoms with van der Waals surface area (Å²) in [5, 5.41) is 11.1. The van der Waals surface area contributed by atoms with Crippen molar-refractivity contribution < 1.29 is 29.0 Å². The molecule has 1 aromatic heterocycles. The molecule has 8 heteroatoms. The Bertz CT molecular complexity index is 1280. The number of hydrogen-bond acceptors (Lipinski definition) is 7. The minimum atomic E-state index is -0.838. The number of aliphatic hydroxyl groups is 1. The third kappa shape index (κ3) is 4.98. The first-order valence-corrected chi connectivity index (χ1v) is 11.5. The van der Waals surface area contributed by atoms with Crippen molar-refractivity contribution in [1.82, 2.24) is 9.88 Å². The van der Waals surface area contributed by atoms with Crippen LogP contribution < -0.4 is 4.74 Å². The number of carbonyl (C=O) groups is 3. The summed E-state index contributed by atoms with van der Waals surface area (Å²) >= 11 is 0. The molecule has 2 aromatic carbocycles. The zero-order valence-electron chi connectivity index (χ0n) is 20.0. The summed E-state index contributed by atoms with van der Waals surface area (Å²) in [4.78, 5) is 44.0. The van der Waals surface area contributed by atoms with E-state index in [-0.39, 0.29) is 17.9 Å². The number of likely N-dealkylation sites (tertiary alicyclic amines) is 1. The molecule has 4 rings (SSSR count). The Hall–Kier alpha value is -4.46. The summed E-state index contributed by atoms with van der Waals surface area (Å²) in [7, 11) is 1.53. The zero-order chi connectivity index (χ0) is 25.7. The lowest BCUT2D eigenvalue weighted by Crippen LogP contribution is -2.29. The fourth-order valence-corrected chi connectivity index (χ4v) is 4.05. The van der Waals surface area contributed by atoms with E-state index in [0.29, 0.717) is 34.6 Å². The summed E-state index contributed by atoms with van der Waals surface area (Å²) in [6.07, 6.45) is 3.89. The number of aliphatic hydroxyl groups excluding tert-OH is 1. The molecule has 1 saturated heterocycles. The second kappa shape index (κ2) is 10.9. The molecule has 1 unspecified atom stereocenters. The lowest BCUT2D eigenvalue weighted by atomic mass is 9.96. The normalized spacial score (nSPS) is 16.7. The van der Waals surface area contributed by atoms with Gasteiger partial charge in [0.1, 0.15) is 11.5 Å². The van der Waals surface area contributed by atoms with Crippen molar-refractivity contribution in [3.05, 3.63) is 101 Å². The maximum absolute atomic E-state index is 13.2. The molecule has 1 atom stereocenters. The molecule has 0 saturated carbocycles. The molecule has 8 nitrogen and oxygen atoms in total. The van der Waals surface area contributed by atoms with E-state index in [1.807, 2.05) is 6.92 Å². The Morgan fingerprint density at radius 1 is 1.03 bits per heavy atom. The number of ketones is 1. The van der Waals surface area contributed by atoms with Gasteiger partial charge in [-0.05, 0) is 60.0 Å². The maximum atomic E-state index is 13.2. The van der Waals surface area contributed by atoms with E-state index < -0.39 is 23.7 Å². The van der Waals surface area contributed by atoms with E-state index in [4.69, 9.17) is 9.47 Å². The van der Waals surface area contributed by atoms with E-state index in [0.717, 1.165) is 6.42 Å². The van der Waals surface area contributed by atoms with Crippen molar-refractivity contribution in [3.8, 4) is 5.75 Å². The first kappa shape index (κ1) is 24.7. The van der Waals surface area contributed by atoms with E-state index in [1.54, 1.807) is 73.1 Å². The van der Waals surface area contributed by atoms with E-state index in [9.17, 15) is 19.5 Å². The lowest BCUT2D eigenvalue weighted by Gasteiger charge is -2.25. The molecule has 0 aliphatic carbocycles. The van der Waals surface area contributed by atoms with Gasteiger partial charge in [-0.15, -0.1) is 0 Å². The standard InChI is InChI=1S/C28H26N2O6/c1-3-15-36-28(34)20-8-6-18(7-9-20)17-30-24(21-5-4-14-29-16-21)23(26(32)27(30)33)25(31)19-10-12-22(35-2)13-11-19/h4-14,16,24,31H,3,15,17H2,1-2H3/b25-23+. The number of methoxy groups -OCH3 is 1. The van der Waals surface area contributed by atoms with Crippen LogP contribution in [0.1, 0.15) is 46.4 Å². The number of pyridine rings is 1. The van der Waals surface area contributed by atoms with E-state index in [1.165, 1.54) is 12.0 Å². The molecule has 36 heavy (non-hydrogen) atoms. The highest BCUT2D eigenvalue weighted by Gasteiger charge is 2.46. The van der Waals surface area contributed by atoms with Crippen molar-refractivity contribution in [2.24, 2.45) is 0 Å². The highest BCUT2D eigenvalue weighted by molar-refractivity contribution is 6.46. The van der Waals surface area contributed by atoms with E-state index in [2.05, 4.69) is 4.98 Å². The van der Waals surface area contributed by atoms with Crippen molar-refractivity contribution in [1.29, 1.82) is 0 Å². The summed E-state index contributed by atoms with van der Waals surface area (Å²) in [5.41, 5.74) is 2.07. The summed E-state index contributed by atoms with van der Waals surface area (Å²) < 4.78 is 10.3. The van der Waals surface area contributed by atoms with Gasteiger partial charge in [0, 0.05) is 24.5 Å². The average Bonchev–Trinajstić information content (AvgIpc) is 3.17. The smallest absolute Gasteiger partial charge is 0.338 e. The van der Waals surface area contributed by atoms with Crippen LogP contribution in [-0.4, -0.2) is 46.4 Å². The van der Waals surface area contributed by atoms with Gasteiger partial charge in [-0.2, -0.15) is 0 Å². The fraction of sp³-hybridized carbons (Fsp3) is 0.214. The van der Waals surface area contributed by atoms with Gasteiger partial charge in [0.2, 0.25) is 0 Å². The van der Waals surface area contributed by atoms with Gasteiger partial charge in [0.05, 0.1) is 30.9 Å². The van der Waals surface area contributed by atoms with Crippen LogP contribution in [0.25, 0.3) is 5.76 Å². The maximum Gasteiger partial charge on any atom is 0.338 e. The molecule has 2 heterocycles. The molecule has 1 N–H and O–H groups in total. The van der Waals surface area contributed by atoms with Gasteiger partial charge in [0.25, 0.3) is 11.7 Å². The minimum absolute atomic E-state index is 0.0158. The number of hydrogen-bond donors (Lipinski definition) is 1. The molecule has 1 aliphatic rings. The number of ether oxygens (including phenoxy) is 2. The molecule has 1 amide bonds. The molecule has 1 fully saturated rings. The largest absolute Gasteiger partial charge is 0.507 e. The molecule has 0 radical (unpaired) electrons. The number of aromatic nitrogens is 1. The number of benzene rings is 2. The third-order valence-electron chi connectivity index (χ3n) is 5.88. The lowest BCUT2D eigenvalue weighted by molar-refractivity contribution is -0.140. The summed E-state index contributed by atoms with van der Waals surface area (Å²) in [5.74, 6) is -1.61. The van der Waals surface area contributed by atoms with Crippen LogP contribution in [0.4, 0.5) is 0 Å². The predicted octanol–water partition coefficient (Wildman–Crippen LogP) is 4.28. The quantitative estimate of drug-likeness (QED) is 0.219. The van der Waals surface area contributed by atoms with E-state index >= 15 is 0 Å². The molecule has 0 bridgehead atoms. The average molecular weight is 487 g/mol. The highest BCUT2D eigenvalue weighted by atomic mass is 16.5. The Morgan fingerprint density at radius 2 is 1.72 bits per heavy atom. The van der Waals surface area contributed by atoms with Gasteiger partial charge in [-0.1, -0.05) is 25.1 Å². The van der Waals surface area contributed by atoms with Gasteiger partial charge >= 0.3 is 5.97 Å². The topological polar surface area (TPSA) is 106 Å². The van der Waals surface area contributed by atoms with Crippen molar-refractivity contribution in [3.63, 3.8) is 0 Å². The van der Waals surface area contributed by atoms with Crippen LogP contribution in [0.3, 0.4) is 0 Å². The Morgan fingerprint density at radius 3 is 2.33 bits per heavy atom. The first-order chi connectivity index (χ1) is 17.4.